The Morgan fingerprint density at radius 3 is 2.77 bits per heavy atom. The summed E-state index contributed by atoms with van der Waals surface area (Å²) in [6.45, 7) is 4.16. The second-order valence-corrected chi connectivity index (χ2v) is 3.66. The van der Waals surface area contributed by atoms with Crippen molar-refractivity contribution in [3.8, 4) is 0 Å². The van der Waals surface area contributed by atoms with E-state index in [2.05, 4.69) is 0 Å². The molecule has 2 atom stereocenters. The smallest absolute Gasteiger partial charge is 0.316 e. The molecule has 0 N–H and O–H groups in total. The highest BCUT2D eigenvalue weighted by atomic mass is 16.5. The SMILES string of the molecule is CCOC(=O)[C@@H]1CC[C@@H](C)CC1=O. The van der Waals surface area contributed by atoms with Crippen LogP contribution >= 0.6 is 0 Å². The summed E-state index contributed by atoms with van der Waals surface area (Å²) in [5.41, 5.74) is 0. The number of Topliss-reactive ketones (excluding diaryl/α,β-unsaturated/α-hetero) is 1. The van der Waals surface area contributed by atoms with E-state index in [1.807, 2.05) is 6.92 Å². The zero-order chi connectivity index (χ0) is 9.84. The molecule has 0 spiro atoms. The highest BCUT2D eigenvalue weighted by Gasteiger charge is 2.32. The maximum Gasteiger partial charge on any atom is 0.316 e. The van der Waals surface area contributed by atoms with Gasteiger partial charge in [0.1, 0.15) is 11.7 Å². The molecule has 0 aromatic rings. The lowest BCUT2D eigenvalue weighted by Gasteiger charge is -2.23. The van der Waals surface area contributed by atoms with E-state index in [9.17, 15) is 9.59 Å². The largest absolute Gasteiger partial charge is 0.465 e. The molecule has 1 aliphatic rings. The van der Waals surface area contributed by atoms with E-state index in [4.69, 9.17) is 4.74 Å². The number of carbonyl (C=O) groups is 2. The molecule has 1 aliphatic carbocycles. The Kier molecular flexibility index (Phi) is 3.46. The monoisotopic (exact) mass is 184 g/mol. The van der Waals surface area contributed by atoms with Gasteiger partial charge in [-0.15, -0.1) is 0 Å². The number of ketones is 1. The minimum absolute atomic E-state index is 0.0530. The van der Waals surface area contributed by atoms with Gasteiger partial charge in [0.05, 0.1) is 6.61 Å². The summed E-state index contributed by atoms with van der Waals surface area (Å²) in [6.07, 6.45) is 2.15. The predicted molar refractivity (Wildman–Crippen MR) is 48.1 cm³/mol. The molecule has 0 bridgehead atoms. The van der Waals surface area contributed by atoms with Crippen molar-refractivity contribution in [3.63, 3.8) is 0 Å². The van der Waals surface area contributed by atoms with E-state index >= 15 is 0 Å². The molecule has 0 aromatic heterocycles. The quantitative estimate of drug-likeness (QED) is 0.483. The Labute approximate surface area is 78.5 Å². The fourth-order valence-electron chi connectivity index (χ4n) is 1.69. The average Bonchev–Trinajstić information content (AvgIpc) is 2.04. The van der Waals surface area contributed by atoms with Crippen LogP contribution in [0, 0.1) is 11.8 Å². The fourth-order valence-corrected chi connectivity index (χ4v) is 1.69. The molecular weight excluding hydrogens is 168 g/mol. The number of hydrogen-bond acceptors (Lipinski definition) is 3. The lowest BCUT2D eigenvalue weighted by molar-refractivity contribution is -0.153. The lowest BCUT2D eigenvalue weighted by atomic mass is 9.82. The Morgan fingerprint density at radius 1 is 1.54 bits per heavy atom. The van der Waals surface area contributed by atoms with Crippen LogP contribution in [0.15, 0.2) is 0 Å². The maximum absolute atomic E-state index is 11.4. The first kappa shape index (κ1) is 10.2. The highest BCUT2D eigenvalue weighted by molar-refractivity contribution is 5.99. The molecule has 74 valence electrons. The van der Waals surface area contributed by atoms with E-state index < -0.39 is 5.92 Å². The van der Waals surface area contributed by atoms with Crippen molar-refractivity contribution in [2.75, 3.05) is 6.61 Å². The molecule has 0 radical (unpaired) electrons. The molecule has 0 unspecified atom stereocenters. The van der Waals surface area contributed by atoms with E-state index in [-0.39, 0.29) is 11.8 Å². The van der Waals surface area contributed by atoms with Crippen LogP contribution in [0.1, 0.15) is 33.1 Å². The Balaban J connectivity index is 2.51. The van der Waals surface area contributed by atoms with Crippen molar-refractivity contribution in [3.05, 3.63) is 0 Å². The molecule has 0 aliphatic heterocycles. The van der Waals surface area contributed by atoms with E-state index in [1.165, 1.54) is 0 Å². The van der Waals surface area contributed by atoms with Gasteiger partial charge >= 0.3 is 5.97 Å². The summed E-state index contributed by atoms with van der Waals surface area (Å²) in [5, 5.41) is 0. The molecule has 0 aromatic carbocycles. The van der Waals surface area contributed by atoms with Gasteiger partial charge in [-0.1, -0.05) is 6.92 Å². The van der Waals surface area contributed by atoms with Crippen LogP contribution < -0.4 is 0 Å². The molecule has 1 saturated carbocycles. The van der Waals surface area contributed by atoms with Gasteiger partial charge in [0.25, 0.3) is 0 Å². The minimum atomic E-state index is -0.476. The van der Waals surface area contributed by atoms with Gasteiger partial charge in [-0.25, -0.2) is 0 Å². The molecule has 1 rings (SSSR count). The molecule has 3 heteroatoms. The van der Waals surface area contributed by atoms with Crippen LogP contribution in [0.2, 0.25) is 0 Å². The van der Waals surface area contributed by atoms with Crippen molar-refractivity contribution in [2.24, 2.45) is 11.8 Å². The molecule has 0 saturated heterocycles. The summed E-state index contributed by atoms with van der Waals surface area (Å²) in [6, 6.07) is 0. The van der Waals surface area contributed by atoms with Gasteiger partial charge in [0.2, 0.25) is 0 Å². The zero-order valence-electron chi connectivity index (χ0n) is 8.21. The van der Waals surface area contributed by atoms with Gasteiger partial charge < -0.3 is 4.74 Å². The van der Waals surface area contributed by atoms with E-state index in [0.717, 1.165) is 6.42 Å². The van der Waals surface area contributed by atoms with E-state index in [1.54, 1.807) is 6.92 Å². The number of ether oxygens (including phenoxy) is 1. The second-order valence-electron chi connectivity index (χ2n) is 3.66. The summed E-state index contributed by atoms with van der Waals surface area (Å²) >= 11 is 0. The number of hydrogen-bond donors (Lipinski definition) is 0. The topological polar surface area (TPSA) is 43.4 Å². The lowest BCUT2D eigenvalue weighted by Crippen LogP contribution is -2.31. The third-order valence-corrected chi connectivity index (χ3v) is 2.46. The average molecular weight is 184 g/mol. The summed E-state index contributed by atoms with van der Waals surface area (Å²) in [4.78, 5) is 22.7. The Hall–Kier alpha value is -0.860. The summed E-state index contributed by atoms with van der Waals surface area (Å²) < 4.78 is 4.83. The van der Waals surface area contributed by atoms with Crippen LogP contribution in [0.4, 0.5) is 0 Å². The summed E-state index contributed by atoms with van der Waals surface area (Å²) in [5.74, 6) is -0.328. The van der Waals surface area contributed by atoms with Crippen molar-refractivity contribution in [2.45, 2.75) is 33.1 Å². The van der Waals surface area contributed by atoms with Crippen LogP contribution in [0.3, 0.4) is 0 Å². The van der Waals surface area contributed by atoms with Crippen molar-refractivity contribution < 1.29 is 14.3 Å². The molecule has 0 amide bonds. The standard InChI is InChI=1S/C10H16O3/c1-3-13-10(12)8-5-4-7(2)6-9(8)11/h7-8H,3-6H2,1-2H3/t7-,8-/m1/s1. The maximum atomic E-state index is 11.4. The third-order valence-electron chi connectivity index (χ3n) is 2.46. The molecule has 0 heterocycles. The van der Waals surface area contributed by atoms with Crippen molar-refractivity contribution >= 4 is 11.8 Å². The molecule has 3 nitrogen and oxygen atoms in total. The second kappa shape index (κ2) is 4.40. The van der Waals surface area contributed by atoms with Gasteiger partial charge in [-0.3, -0.25) is 9.59 Å². The number of rotatable bonds is 2. The molecule has 13 heavy (non-hydrogen) atoms. The van der Waals surface area contributed by atoms with Gasteiger partial charge in [0.15, 0.2) is 0 Å². The highest BCUT2D eigenvalue weighted by Crippen LogP contribution is 2.26. The zero-order valence-corrected chi connectivity index (χ0v) is 8.21. The normalized spacial score (nSPS) is 28.6. The Bertz CT molecular complexity index is 202. The van der Waals surface area contributed by atoms with Crippen LogP contribution in [0.5, 0.6) is 0 Å². The molecule has 1 fully saturated rings. The number of carbonyl (C=O) groups excluding carboxylic acids is 2. The minimum Gasteiger partial charge on any atom is -0.465 e. The van der Waals surface area contributed by atoms with Gasteiger partial charge in [0, 0.05) is 6.42 Å². The first-order valence-electron chi connectivity index (χ1n) is 4.84. The van der Waals surface area contributed by atoms with E-state index in [0.29, 0.717) is 25.4 Å². The van der Waals surface area contributed by atoms with Crippen LogP contribution in [-0.4, -0.2) is 18.4 Å². The van der Waals surface area contributed by atoms with Crippen LogP contribution in [-0.2, 0) is 14.3 Å². The third kappa shape index (κ3) is 2.54. The first-order chi connectivity index (χ1) is 6.15. The summed E-state index contributed by atoms with van der Waals surface area (Å²) in [7, 11) is 0. The van der Waals surface area contributed by atoms with Gasteiger partial charge in [-0.05, 0) is 25.7 Å². The number of esters is 1. The van der Waals surface area contributed by atoms with Gasteiger partial charge in [-0.2, -0.15) is 0 Å². The van der Waals surface area contributed by atoms with Crippen LogP contribution in [0.25, 0.3) is 0 Å². The Morgan fingerprint density at radius 2 is 2.23 bits per heavy atom. The van der Waals surface area contributed by atoms with Crippen molar-refractivity contribution in [1.82, 2.24) is 0 Å². The fraction of sp³-hybridized carbons (Fsp3) is 0.800. The predicted octanol–water partition coefficient (Wildman–Crippen LogP) is 1.55. The first-order valence-corrected chi connectivity index (χ1v) is 4.84. The van der Waals surface area contributed by atoms with Crippen molar-refractivity contribution in [1.29, 1.82) is 0 Å². The molecular formula is C10H16O3.